The molecule has 1 N–H and O–H groups in total. The molecule has 1 aliphatic carbocycles. The predicted molar refractivity (Wildman–Crippen MR) is 70.4 cm³/mol. The van der Waals surface area contributed by atoms with Crippen molar-refractivity contribution in [1.82, 2.24) is 0 Å². The first kappa shape index (κ1) is 12.4. The molecular weight excluding hydrogens is 243 g/mol. The molecule has 19 heavy (non-hydrogen) atoms. The van der Waals surface area contributed by atoms with Gasteiger partial charge in [-0.2, -0.15) is 0 Å². The summed E-state index contributed by atoms with van der Waals surface area (Å²) in [5, 5.41) is 10.9. The molecular formula is C16H17FO2. The van der Waals surface area contributed by atoms with Gasteiger partial charge in [-0.1, -0.05) is 6.07 Å². The van der Waals surface area contributed by atoms with Crippen LogP contribution < -0.4 is 0 Å². The summed E-state index contributed by atoms with van der Waals surface area (Å²) in [5.74, 6) is 0.607. The number of aryl methyl sites for hydroxylation is 2. The quantitative estimate of drug-likeness (QED) is 0.896. The molecule has 1 atom stereocenters. The molecule has 0 amide bonds. The predicted octanol–water partition coefficient (Wildman–Crippen LogP) is 3.49. The van der Waals surface area contributed by atoms with E-state index in [0.29, 0.717) is 12.8 Å². The van der Waals surface area contributed by atoms with Crippen LogP contribution in [0.1, 0.15) is 35.3 Å². The van der Waals surface area contributed by atoms with Crippen LogP contribution >= 0.6 is 0 Å². The fourth-order valence-corrected chi connectivity index (χ4v) is 2.95. The van der Waals surface area contributed by atoms with Gasteiger partial charge in [0.15, 0.2) is 0 Å². The largest absolute Gasteiger partial charge is 0.469 e. The van der Waals surface area contributed by atoms with E-state index in [4.69, 9.17) is 4.42 Å². The third-order valence-corrected chi connectivity index (χ3v) is 4.04. The third-order valence-electron chi connectivity index (χ3n) is 4.04. The average Bonchev–Trinajstić information content (AvgIpc) is 2.84. The second-order valence-electron chi connectivity index (χ2n) is 5.39. The molecule has 100 valence electrons. The molecule has 1 heterocycles. The van der Waals surface area contributed by atoms with Gasteiger partial charge in [-0.3, -0.25) is 0 Å². The minimum atomic E-state index is -0.931. The second kappa shape index (κ2) is 4.49. The Kier molecular flexibility index (Phi) is 2.94. The van der Waals surface area contributed by atoms with E-state index in [0.717, 1.165) is 35.3 Å². The highest BCUT2D eigenvalue weighted by atomic mass is 19.1. The monoisotopic (exact) mass is 260 g/mol. The Morgan fingerprint density at radius 3 is 3.05 bits per heavy atom. The van der Waals surface area contributed by atoms with E-state index in [-0.39, 0.29) is 5.82 Å². The van der Waals surface area contributed by atoms with Crippen LogP contribution in [0.15, 0.2) is 34.9 Å². The van der Waals surface area contributed by atoms with Gasteiger partial charge in [-0.25, -0.2) is 4.39 Å². The minimum Gasteiger partial charge on any atom is -0.469 e. The fraction of sp³-hybridized carbons (Fsp3) is 0.375. The summed E-state index contributed by atoms with van der Waals surface area (Å²) in [5.41, 5.74) is 1.79. The van der Waals surface area contributed by atoms with Crippen molar-refractivity contribution >= 4 is 0 Å². The lowest BCUT2D eigenvalue weighted by molar-refractivity contribution is 0.0167. The van der Waals surface area contributed by atoms with Crippen LogP contribution in [0.2, 0.25) is 0 Å². The Hall–Kier alpha value is -1.61. The standard InChI is InChI=1S/C16H17FO2/c1-11-4-5-13(17)9-12(11)10-16(18)7-2-3-15-14(16)6-8-19-15/h4-6,8-9,18H,2-3,7,10H2,1H3. The zero-order valence-corrected chi connectivity index (χ0v) is 10.9. The van der Waals surface area contributed by atoms with Crippen molar-refractivity contribution in [1.29, 1.82) is 0 Å². The van der Waals surface area contributed by atoms with E-state index in [1.165, 1.54) is 12.1 Å². The van der Waals surface area contributed by atoms with Gasteiger partial charge in [0.05, 0.1) is 11.9 Å². The SMILES string of the molecule is Cc1ccc(F)cc1CC1(O)CCCc2occc21. The van der Waals surface area contributed by atoms with Crippen LogP contribution in [0.3, 0.4) is 0 Å². The van der Waals surface area contributed by atoms with Crippen molar-refractivity contribution < 1.29 is 13.9 Å². The second-order valence-corrected chi connectivity index (χ2v) is 5.39. The Bertz CT molecular complexity index is 603. The number of halogens is 1. The fourth-order valence-electron chi connectivity index (χ4n) is 2.95. The topological polar surface area (TPSA) is 33.4 Å². The first-order valence-electron chi connectivity index (χ1n) is 6.63. The molecule has 1 aromatic heterocycles. The van der Waals surface area contributed by atoms with Crippen molar-refractivity contribution in [3.63, 3.8) is 0 Å². The van der Waals surface area contributed by atoms with Crippen LogP contribution in [0.25, 0.3) is 0 Å². The maximum absolute atomic E-state index is 13.4. The van der Waals surface area contributed by atoms with Crippen LogP contribution in [-0.2, 0) is 18.4 Å². The van der Waals surface area contributed by atoms with Crippen LogP contribution in [0.5, 0.6) is 0 Å². The van der Waals surface area contributed by atoms with E-state index >= 15 is 0 Å². The summed E-state index contributed by atoms with van der Waals surface area (Å²) in [6.45, 7) is 1.94. The summed E-state index contributed by atoms with van der Waals surface area (Å²) in [4.78, 5) is 0. The summed E-state index contributed by atoms with van der Waals surface area (Å²) in [6, 6.07) is 6.56. The van der Waals surface area contributed by atoms with Crippen LogP contribution in [0.4, 0.5) is 4.39 Å². The van der Waals surface area contributed by atoms with Gasteiger partial charge in [0.25, 0.3) is 0 Å². The van der Waals surface area contributed by atoms with Crippen molar-refractivity contribution in [2.24, 2.45) is 0 Å². The van der Waals surface area contributed by atoms with E-state index < -0.39 is 5.60 Å². The number of hydrogen-bond acceptors (Lipinski definition) is 2. The average molecular weight is 260 g/mol. The van der Waals surface area contributed by atoms with Crippen LogP contribution in [0, 0.1) is 12.7 Å². The highest BCUT2D eigenvalue weighted by molar-refractivity contribution is 5.34. The van der Waals surface area contributed by atoms with Gasteiger partial charge in [-0.05, 0) is 49.1 Å². The molecule has 2 aromatic rings. The molecule has 0 saturated heterocycles. The van der Waals surface area contributed by atoms with Gasteiger partial charge in [0.2, 0.25) is 0 Å². The molecule has 0 aliphatic heterocycles. The highest BCUT2D eigenvalue weighted by Crippen LogP contribution is 2.39. The smallest absolute Gasteiger partial charge is 0.123 e. The van der Waals surface area contributed by atoms with Gasteiger partial charge in [-0.15, -0.1) is 0 Å². The Morgan fingerprint density at radius 1 is 1.37 bits per heavy atom. The number of rotatable bonds is 2. The number of aliphatic hydroxyl groups is 1. The molecule has 1 unspecified atom stereocenters. The van der Waals surface area contributed by atoms with E-state index in [1.54, 1.807) is 12.3 Å². The zero-order valence-electron chi connectivity index (χ0n) is 10.9. The van der Waals surface area contributed by atoms with Crippen molar-refractivity contribution in [2.45, 2.75) is 38.2 Å². The number of hydrogen-bond donors (Lipinski definition) is 1. The molecule has 0 fully saturated rings. The van der Waals surface area contributed by atoms with E-state index in [1.807, 2.05) is 13.0 Å². The molecule has 3 heteroatoms. The minimum absolute atomic E-state index is 0.257. The van der Waals surface area contributed by atoms with Gasteiger partial charge in [0.1, 0.15) is 11.6 Å². The first-order valence-corrected chi connectivity index (χ1v) is 6.63. The van der Waals surface area contributed by atoms with E-state index in [9.17, 15) is 9.50 Å². The molecule has 0 spiro atoms. The molecule has 1 aliphatic rings. The lowest BCUT2D eigenvalue weighted by Gasteiger charge is -2.32. The lowest BCUT2D eigenvalue weighted by Crippen LogP contribution is -2.32. The number of furan rings is 1. The first-order chi connectivity index (χ1) is 9.08. The molecule has 0 radical (unpaired) electrons. The molecule has 0 bridgehead atoms. The lowest BCUT2D eigenvalue weighted by atomic mass is 9.78. The Morgan fingerprint density at radius 2 is 2.21 bits per heavy atom. The Balaban J connectivity index is 1.97. The normalized spacial score (nSPS) is 22.3. The summed E-state index contributed by atoms with van der Waals surface area (Å²) < 4.78 is 18.8. The maximum Gasteiger partial charge on any atom is 0.123 e. The Labute approximate surface area is 111 Å². The van der Waals surface area contributed by atoms with Crippen molar-refractivity contribution in [2.75, 3.05) is 0 Å². The van der Waals surface area contributed by atoms with E-state index in [2.05, 4.69) is 0 Å². The third kappa shape index (κ3) is 2.19. The van der Waals surface area contributed by atoms with Gasteiger partial charge < -0.3 is 9.52 Å². The highest BCUT2D eigenvalue weighted by Gasteiger charge is 2.36. The molecule has 3 rings (SSSR count). The summed E-state index contributed by atoms with van der Waals surface area (Å²) in [7, 11) is 0. The van der Waals surface area contributed by atoms with Gasteiger partial charge >= 0.3 is 0 Å². The molecule has 0 saturated carbocycles. The van der Waals surface area contributed by atoms with Crippen LogP contribution in [-0.4, -0.2) is 5.11 Å². The number of benzene rings is 1. The maximum atomic E-state index is 13.4. The molecule has 2 nitrogen and oxygen atoms in total. The summed E-state index contributed by atoms with van der Waals surface area (Å²) >= 11 is 0. The number of fused-ring (bicyclic) bond motifs is 1. The van der Waals surface area contributed by atoms with Gasteiger partial charge in [0, 0.05) is 18.4 Å². The molecule has 1 aromatic carbocycles. The zero-order chi connectivity index (χ0) is 13.5. The van der Waals surface area contributed by atoms with Crippen molar-refractivity contribution in [3.8, 4) is 0 Å². The summed E-state index contributed by atoms with van der Waals surface area (Å²) in [6.07, 6.45) is 4.51. The van der Waals surface area contributed by atoms with Crippen molar-refractivity contribution in [3.05, 3.63) is 58.8 Å².